The number of anilines is 1. The van der Waals surface area contributed by atoms with Crippen LogP contribution in [-0.4, -0.2) is 31.2 Å². The smallest absolute Gasteiger partial charge is 0.356 e. The van der Waals surface area contributed by atoms with E-state index in [4.69, 9.17) is 0 Å². The summed E-state index contributed by atoms with van der Waals surface area (Å²) in [5.74, 6) is 0.492. The molecule has 0 N–H and O–H groups in total. The highest BCUT2D eigenvalue weighted by Crippen LogP contribution is 2.17. The van der Waals surface area contributed by atoms with E-state index in [0.29, 0.717) is 5.69 Å². The van der Waals surface area contributed by atoms with E-state index in [1.165, 1.54) is 20.0 Å². The first-order chi connectivity index (χ1) is 7.31. The van der Waals surface area contributed by atoms with Crippen molar-refractivity contribution < 1.29 is 9.53 Å². The summed E-state index contributed by atoms with van der Waals surface area (Å²) in [4.78, 5) is 17.7. The molecule has 1 aliphatic rings. The fraction of sp³-hybridized carbons (Fsp3) is 0.455. The number of ether oxygens (including phenoxy) is 1. The largest absolute Gasteiger partial charge is 0.464 e. The predicted molar refractivity (Wildman–Crippen MR) is 57.0 cm³/mol. The van der Waals surface area contributed by atoms with Crippen LogP contribution in [0.25, 0.3) is 0 Å². The third kappa shape index (κ3) is 2.09. The van der Waals surface area contributed by atoms with Gasteiger partial charge in [-0.05, 0) is 25.0 Å². The second kappa shape index (κ2) is 4.29. The Balaban J connectivity index is 2.21. The van der Waals surface area contributed by atoms with Gasteiger partial charge in [-0.25, -0.2) is 9.78 Å². The molecule has 1 saturated heterocycles. The molecular formula is C11H14N2O2. The summed E-state index contributed by atoms with van der Waals surface area (Å²) in [6, 6.07) is 5.44. The summed E-state index contributed by atoms with van der Waals surface area (Å²) < 4.78 is 4.63. The first kappa shape index (κ1) is 9.96. The van der Waals surface area contributed by atoms with Gasteiger partial charge < -0.3 is 9.64 Å². The molecule has 2 rings (SSSR count). The molecule has 0 bridgehead atoms. The number of carbonyl (C=O) groups excluding carboxylic acids is 1. The van der Waals surface area contributed by atoms with E-state index in [2.05, 4.69) is 14.6 Å². The molecule has 1 aromatic rings. The summed E-state index contributed by atoms with van der Waals surface area (Å²) in [6.45, 7) is 2.05. The van der Waals surface area contributed by atoms with Crippen molar-refractivity contribution in [3.63, 3.8) is 0 Å². The highest BCUT2D eigenvalue weighted by atomic mass is 16.5. The number of rotatable bonds is 2. The Kier molecular flexibility index (Phi) is 2.85. The van der Waals surface area contributed by atoms with Crippen LogP contribution in [0, 0.1) is 0 Å². The van der Waals surface area contributed by atoms with E-state index in [-0.39, 0.29) is 5.97 Å². The van der Waals surface area contributed by atoms with E-state index in [0.717, 1.165) is 18.9 Å². The number of methoxy groups -OCH3 is 1. The molecule has 1 aliphatic heterocycles. The fourth-order valence-corrected chi connectivity index (χ4v) is 1.76. The summed E-state index contributed by atoms with van der Waals surface area (Å²) in [7, 11) is 1.37. The molecule has 0 spiro atoms. The highest BCUT2D eigenvalue weighted by Gasteiger charge is 2.15. The van der Waals surface area contributed by atoms with E-state index in [1.54, 1.807) is 6.07 Å². The zero-order valence-electron chi connectivity index (χ0n) is 8.77. The Bertz CT molecular complexity index is 359. The van der Waals surface area contributed by atoms with Gasteiger partial charge in [0, 0.05) is 13.1 Å². The van der Waals surface area contributed by atoms with Crippen LogP contribution in [0.2, 0.25) is 0 Å². The lowest BCUT2D eigenvalue weighted by molar-refractivity contribution is 0.0594. The van der Waals surface area contributed by atoms with Gasteiger partial charge in [0.05, 0.1) is 7.11 Å². The van der Waals surface area contributed by atoms with Crippen molar-refractivity contribution in [1.29, 1.82) is 0 Å². The van der Waals surface area contributed by atoms with Crippen LogP contribution in [0.1, 0.15) is 23.3 Å². The third-order valence-corrected chi connectivity index (χ3v) is 2.56. The zero-order valence-corrected chi connectivity index (χ0v) is 8.77. The molecule has 0 amide bonds. The number of esters is 1. The van der Waals surface area contributed by atoms with Crippen molar-refractivity contribution in [2.45, 2.75) is 12.8 Å². The van der Waals surface area contributed by atoms with Crippen molar-refractivity contribution >= 4 is 11.8 Å². The van der Waals surface area contributed by atoms with Crippen LogP contribution in [0.5, 0.6) is 0 Å². The summed E-state index contributed by atoms with van der Waals surface area (Å²) >= 11 is 0. The lowest BCUT2D eigenvalue weighted by Gasteiger charge is -2.16. The van der Waals surface area contributed by atoms with Gasteiger partial charge in [0.25, 0.3) is 0 Å². The third-order valence-electron chi connectivity index (χ3n) is 2.56. The second-order valence-electron chi connectivity index (χ2n) is 3.57. The lowest BCUT2D eigenvalue weighted by Crippen LogP contribution is -2.20. The summed E-state index contributed by atoms with van der Waals surface area (Å²) in [6.07, 6.45) is 2.40. The van der Waals surface area contributed by atoms with Crippen LogP contribution in [0.15, 0.2) is 18.2 Å². The maximum absolute atomic E-state index is 11.3. The van der Waals surface area contributed by atoms with Crippen molar-refractivity contribution in [1.82, 2.24) is 4.98 Å². The average Bonchev–Trinajstić information content (AvgIpc) is 2.82. The number of hydrogen-bond donors (Lipinski definition) is 0. The Hall–Kier alpha value is -1.58. The van der Waals surface area contributed by atoms with Gasteiger partial charge in [0.1, 0.15) is 5.82 Å². The van der Waals surface area contributed by atoms with E-state index >= 15 is 0 Å². The number of carbonyl (C=O) groups is 1. The van der Waals surface area contributed by atoms with Crippen LogP contribution in [0.4, 0.5) is 5.82 Å². The number of nitrogens with zero attached hydrogens (tertiary/aromatic N) is 2. The minimum absolute atomic E-state index is 0.377. The van der Waals surface area contributed by atoms with Gasteiger partial charge >= 0.3 is 5.97 Å². The molecule has 1 aromatic heterocycles. The first-order valence-electron chi connectivity index (χ1n) is 5.11. The molecule has 1 fully saturated rings. The van der Waals surface area contributed by atoms with Gasteiger partial charge in [-0.15, -0.1) is 0 Å². The molecule has 0 radical (unpaired) electrons. The van der Waals surface area contributed by atoms with Gasteiger partial charge in [-0.1, -0.05) is 6.07 Å². The Labute approximate surface area is 88.9 Å². The monoisotopic (exact) mass is 206 g/mol. The predicted octanol–water partition coefficient (Wildman–Crippen LogP) is 1.47. The van der Waals surface area contributed by atoms with Crippen LogP contribution >= 0.6 is 0 Å². The molecule has 0 saturated carbocycles. The SMILES string of the molecule is COC(=O)c1cccc(N2CCCC2)n1. The molecule has 4 heteroatoms. The van der Waals surface area contributed by atoms with Crippen LogP contribution in [0.3, 0.4) is 0 Å². The number of pyridine rings is 1. The molecule has 0 aromatic carbocycles. The van der Waals surface area contributed by atoms with Crippen molar-refractivity contribution in [2.24, 2.45) is 0 Å². The maximum Gasteiger partial charge on any atom is 0.356 e. The molecular weight excluding hydrogens is 192 g/mol. The molecule has 80 valence electrons. The van der Waals surface area contributed by atoms with E-state index in [1.807, 2.05) is 12.1 Å². The molecule has 15 heavy (non-hydrogen) atoms. The maximum atomic E-state index is 11.3. The molecule has 0 aliphatic carbocycles. The molecule has 0 atom stereocenters. The van der Waals surface area contributed by atoms with Crippen LogP contribution in [-0.2, 0) is 4.74 Å². The van der Waals surface area contributed by atoms with Crippen molar-refractivity contribution in [2.75, 3.05) is 25.1 Å². The topological polar surface area (TPSA) is 42.4 Å². The standard InChI is InChI=1S/C11H14N2O2/c1-15-11(14)9-5-4-6-10(12-9)13-7-2-3-8-13/h4-6H,2-3,7-8H2,1H3. The normalized spacial score (nSPS) is 15.4. The second-order valence-corrected chi connectivity index (χ2v) is 3.57. The number of hydrogen-bond acceptors (Lipinski definition) is 4. The van der Waals surface area contributed by atoms with E-state index < -0.39 is 0 Å². The summed E-state index contributed by atoms with van der Waals surface area (Å²) in [5, 5.41) is 0. The quantitative estimate of drug-likeness (QED) is 0.687. The molecule has 4 nitrogen and oxygen atoms in total. The van der Waals surface area contributed by atoms with Crippen molar-refractivity contribution in [3.05, 3.63) is 23.9 Å². The fourth-order valence-electron chi connectivity index (χ4n) is 1.76. The lowest BCUT2D eigenvalue weighted by atomic mass is 10.3. The van der Waals surface area contributed by atoms with Gasteiger partial charge in [0.2, 0.25) is 0 Å². The van der Waals surface area contributed by atoms with Crippen LogP contribution < -0.4 is 4.90 Å². The Morgan fingerprint density at radius 1 is 1.40 bits per heavy atom. The minimum Gasteiger partial charge on any atom is -0.464 e. The Morgan fingerprint density at radius 2 is 2.13 bits per heavy atom. The van der Waals surface area contributed by atoms with E-state index in [9.17, 15) is 4.79 Å². The average molecular weight is 206 g/mol. The van der Waals surface area contributed by atoms with Crippen molar-refractivity contribution in [3.8, 4) is 0 Å². The summed E-state index contributed by atoms with van der Waals surface area (Å²) in [5.41, 5.74) is 0.377. The molecule has 0 unspecified atom stereocenters. The van der Waals surface area contributed by atoms with Gasteiger partial charge in [-0.2, -0.15) is 0 Å². The first-order valence-corrected chi connectivity index (χ1v) is 5.11. The minimum atomic E-state index is -0.379. The zero-order chi connectivity index (χ0) is 10.7. The molecule has 2 heterocycles. The van der Waals surface area contributed by atoms with Gasteiger partial charge in [0.15, 0.2) is 5.69 Å². The van der Waals surface area contributed by atoms with Gasteiger partial charge in [-0.3, -0.25) is 0 Å². The number of aromatic nitrogens is 1. The Morgan fingerprint density at radius 3 is 2.80 bits per heavy atom. The highest BCUT2D eigenvalue weighted by molar-refractivity contribution is 5.87.